The molecule has 1 fully saturated rings. The van der Waals surface area contributed by atoms with Gasteiger partial charge in [0.1, 0.15) is 5.82 Å². The summed E-state index contributed by atoms with van der Waals surface area (Å²) in [4.78, 5) is 32.4. The van der Waals surface area contributed by atoms with Gasteiger partial charge in [-0.3, -0.25) is 9.59 Å². The molecule has 0 spiro atoms. The number of ether oxygens (including phenoxy) is 1. The van der Waals surface area contributed by atoms with E-state index in [1.54, 1.807) is 13.1 Å². The number of carbonyl (C=O) groups excluding carboxylic acids is 2. The summed E-state index contributed by atoms with van der Waals surface area (Å²) >= 11 is 0. The smallest absolute Gasteiger partial charge is 0.307 e. The zero-order chi connectivity index (χ0) is 18.2. The molecule has 2 heterocycles. The van der Waals surface area contributed by atoms with Crippen molar-refractivity contribution in [3.63, 3.8) is 0 Å². The Balaban J connectivity index is 0.00000338. The highest BCUT2D eigenvalue weighted by Gasteiger charge is 2.23. The number of rotatable bonds is 8. The molecule has 1 saturated heterocycles. The maximum Gasteiger partial charge on any atom is 0.307 e. The van der Waals surface area contributed by atoms with Crippen LogP contribution < -0.4 is 0 Å². The first-order chi connectivity index (χ1) is 12.0. The maximum absolute atomic E-state index is 12.4. The molecule has 0 unspecified atom stereocenters. The van der Waals surface area contributed by atoms with Crippen LogP contribution in [0.15, 0.2) is 12.4 Å². The Hall–Kier alpha value is -1.60. The number of hydrogen-bond acceptors (Lipinski definition) is 5. The zero-order valence-corrected chi connectivity index (χ0v) is 16.8. The Bertz CT molecular complexity index is 569. The first-order valence-corrected chi connectivity index (χ1v) is 9.11. The van der Waals surface area contributed by atoms with Crippen molar-refractivity contribution in [1.29, 1.82) is 0 Å². The van der Waals surface area contributed by atoms with E-state index < -0.39 is 0 Å². The molecule has 0 aliphatic carbocycles. The molecular formula is C18H31ClN4O3. The minimum atomic E-state index is -0.206. The minimum absolute atomic E-state index is 0. The molecule has 2 rings (SSSR count). The highest BCUT2D eigenvalue weighted by molar-refractivity contribution is 5.85. The fourth-order valence-electron chi connectivity index (χ4n) is 3.23. The molecule has 0 bridgehead atoms. The molecule has 8 heteroatoms. The Labute approximate surface area is 162 Å². The number of likely N-dealkylation sites (tertiary alicyclic amines) is 1. The van der Waals surface area contributed by atoms with Crippen molar-refractivity contribution < 1.29 is 14.3 Å². The monoisotopic (exact) mass is 386 g/mol. The summed E-state index contributed by atoms with van der Waals surface area (Å²) in [5, 5.41) is 0. The van der Waals surface area contributed by atoms with Gasteiger partial charge in [0.2, 0.25) is 5.91 Å². The molecule has 1 aliphatic heterocycles. The third-order valence-electron chi connectivity index (χ3n) is 4.77. The lowest BCUT2D eigenvalue weighted by atomic mass is 10.0. The van der Waals surface area contributed by atoms with Crippen LogP contribution in [0.2, 0.25) is 0 Å². The van der Waals surface area contributed by atoms with Crippen LogP contribution >= 0.6 is 12.4 Å². The van der Waals surface area contributed by atoms with Gasteiger partial charge in [-0.05, 0) is 33.9 Å². The second-order valence-corrected chi connectivity index (χ2v) is 6.67. The van der Waals surface area contributed by atoms with E-state index >= 15 is 0 Å². The summed E-state index contributed by atoms with van der Waals surface area (Å²) in [7, 11) is 4.19. The van der Waals surface area contributed by atoms with Gasteiger partial charge in [-0.2, -0.15) is 0 Å². The van der Waals surface area contributed by atoms with E-state index in [2.05, 4.69) is 24.0 Å². The summed E-state index contributed by atoms with van der Waals surface area (Å²) in [6.07, 6.45) is 7.02. The molecule has 1 aromatic heterocycles. The molecule has 0 saturated carbocycles. The number of nitrogens with zero attached hydrogens (tertiary/aromatic N) is 4. The molecular weight excluding hydrogens is 356 g/mol. The topological polar surface area (TPSA) is 67.7 Å². The highest BCUT2D eigenvalue weighted by Crippen LogP contribution is 2.15. The van der Waals surface area contributed by atoms with E-state index in [4.69, 9.17) is 4.74 Å². The van der Waals surface area contributed by atoms with Gasteiger partial charge < -0.3 is 19.1 Å². The quantitative estimate of drug-likeness (QED) is 0.636. The van der Waals surface area contributed by atoms with Crippen LogP contribution in [-0.2, 0) is 27.3 Å². The van der Waals surface area contributed by atoms with Gasteiger partial charge in [-0.25, -0.2) is 4.98 Å². The van der Waals surface area contributed by atoms with E-state index in [9.17, 15) is 9.59 Å². The van der Waals surface area contributed by atoms with Crippen molar-refractivity contribution >= 4 is 24.3 Å². The lowest BCUT2D eigenvalue weighted by Gasteiger charge is -2.35. The van der Waals surface area contributed by atoms with Gasteiger partial charge >= 0.3 is 5.97 Å². The van der Waals surface area contributed by atoms with Crippen molar-refractivity contribution in [3.05, 3.63) is 18.2 Å². The van der Waals surface area contributed by atoms with Crippen molar-refractivity contribution in [3.8, 4) is 0 Å². The summed E-state index contributed by atoms with van der Waals surface area (Å²) in [6.45, 7) is 4.40. The second-order valence-electron chi connectivity index (χ2n) is 6.67. The molecule has 7 nitrogen and oxygen atoms in total. The highest BCUT2D eigenvalue weighted by atomic mass is 35.5. The Kier molecular flexibility index (Phi) is 9.65. The molecule has 0 radical (unpaired) electrons. The number of hydrogen-bond donors (Lipinski definition) is 0. The number of esters is 1. The molecule has 26 heavy (non-hydrogen) atoms. The van der Waals surface area contributed by atoms with Crippen LogP contribution in [0, 0.1) is 0 Å². The maximum atomic E-state index is 12.4. The van der Waals surface area contributed by atoms with Gasteiger partial charge in [0, 0.05) is 50.9 Å². The molecule has 1 aromatic rings. The molecule has 1 amide bonds. The van der Waals surface area contributed by atoms with Gasteiger partial charge in [-0.1, -0.05) is 0 Å². The largest absolute Gasteiger partial charge is 0.466 e. The average Bonchev–Trinajstić information content (AvgIpc) is 3.05. The minimum Gasteiger partial charge on any atom is -0.466 e. The van der Waals surface area contributed by atoms with Gasteiger partial charge in [0.25, 0.3) is 0 Å². The Morgan fingerprint density at radius 3 is 2.58 bits per heavy atom. The van der Waals surface area contributed by atoms with Gasteiger partial charge in [0.05, 0.1) is 13.0 Å². The molecule has 0 atom stereocenters. The van der Waals surface area contributed by atoms with E-state index in [0.717, 1.165) is 31.8 Å². The van der Waals surface area contributed by atoms with Crippen LogP contribution in [0.4, 0.5) is 0 Å². The van der Waals surface area contributed by atoms with Crippen molar-refractivity contribution in [2.24, 2.45) is 0 Å². The number of carbonyl (C=O) groups is 2. The van der Waals surface area contributed by atoms with Gasteiger partial charge in [-0.15, -0.1) is 12.4 Å². The van der Waals surface area contributed by atoms with Crippen molar-refractivity contribution in [1.82, 2.24) is 19.4 Å². The van der Waals surface area contributed by atoms with Gasteiger partial charge in [0.15, 0.2) is 0 Å². The summed E-state index contributed by atoms with van der Waals surface area (Å²) in [5.41, 5.74) is 0. The van der Waals surface area contributed by atoms with Crippen LogP contribution in [0.25, 0.3) is 0 Å². The second kappa shape index (κ2) is 11.2. The first-order valence-electron chi connectivity index (χ1n) is 9.11. The number of aryl methyl sites for hydroxylation is 2. The lowest BCUT2D eigenvalue weighted by molar-refractivity contribution is -0.143. The first kappa shape index (κ1) is 22.4. The zero-order valence-electron chi connectivity index (χ0n) is 16.0. The van der Waals surface area contributed by atoms with Crippen molar-refractivity contribution in [2.75, 3.05) is 33.8 Å². The number of halogens is 1. The predicted octanol–water partition coefficient (Wildman–Crippen LogP) is 1.74. The number of aromatic nitrogens is 2. The molecule has 1 aliphatic rings. The molecule has 148 valence electrons. The van der Waals surface area contributed by atoms with E-state index in [0.29, 0.717) is 38.5 Å². The third kappa shape index (κ3) is 6.61. The number of amides is 1. The van der Waals surface area contributed by atoms with Crippen LogP contribution in [-0.4, -0.2) is 71.1 Å². The predicted molar refractivity (Wildman–Crippen MR) is 102 cm³/mol. The number of piperidine rings is 1. The average molecular weight is 387 g/mol. The molecule has 0 N–H and O–H groups in total. The summed E-state index contributed by atoms with van der Waals surface area (Å²) < 4.78 is 6.88. The Morgan fingerprint density at radius 1 is 1.27 bits per heavy atom. The lowest BCUT2D eigenvalue weighted by Crippen LogP contribution is -2.44. The molecule has 0 aromatic carbocycles. The fourth-order valence-corrected chi connectivity index (χ4v) is 3.23. The standard InChI is InChI=1S/C18H30N4O3.ClH/c1-4-25-18(24)9-13-21-14-10-19-16(21)5-6-17(23)22-11-7-15(8-12-22)20(2)3;/h10,14-15H,4-9,11-13H2,1-3H3;1H. The van der Waals surface area contributed by atoms with E-state index in [-0.39, 0.29) is 24.3 Å². The summed E-state index contributed by atoms with van der Waals surface area (Å²) in [6, 6.07) is 0.575. The van der Waals surface area contributed by atoms with E-state index in [1.165, 1.54) is 0 Å². The summed E-state index contributed by atoms with van der Waals surface area (Å²) in [5.74, 6) is 0.833. The van der Waals surface area contributed by atoms with E-state index in [1.807, 2.05) is 15.7 Å². The SMILES string of the molecule is CCOC(=O)CCn1ccnc1CCC(=O)N1CCC(N(C)C)CC1.Cl. The van der Waals surface area contributed by atoms with Crippen LogP contribution in [0.1, 0.15) is 38.4 Å². The van der Waals surface area contributed by atoms with Crippen molar-refractivity contribution in [2.45, 2.75) is 51.6 Å². The fraction of sp³-hybridized carbons (Fsp3) is 0.722. The number of imidazole rings is 1. The Morgan fingerprint density at radius 2 is 1.96 bits per heavy atom. The third-order valence-corrected chi connectivity index (χ3v) is 4.77. The van der Waals surface area contributed by atoms with Crippen LogP contribution in [0.3, 0.4) is 0 Å². The normalized spacial score (nSPS) is 15.0. The van der Waals surface area contributed by atoms with Crippen LogP contribution in [0.5, 0.6) is 0 Å².